The molecule has 1 aromatic carbocycles. The molecule has 1 fully saturated rings. The number of thioether (sulfide) groups is 1. The second-order valence-corrected chi connectivity index (χ2v) is 8.63. The van der Waals surface area contributed by atoms with Crippen LogP contribution in [0.4, 0.5) is 0 Å². The Labute approximate surface area is 195 Å². The fourth-order valence-corrected chi connectivity index (χ4v) is 4.50. The summed E-state index contributed by atoms with van der Waals surface area (Å²) in [5.41, 5.74) is 2.18. The van der Waals surface area contributed by atoms with Crippen LogP contribution in [0.25, 0.3) is 17.2 Å². The van der Waals surface area contributed by atoms with E-state index in [-0.39, 0.29) is 5.91 Å². The summed E-state index contributed by atoms with van der Waals surface area (Å²) in [6, 6.07) is 13.8. The van der Waals surface area contributed by atoms with Crippen molar-refractivity contribution in [2.24, 2.45) is 0 Å². The van der Waals surface area contributed by atoms with Crippen LogP contribution in [0.3, 0.4) is 0 Å². The van der Waals surface area contributed by atoms with E-state index in [1.807, 2.05) is 39.8 Å². The highest BCUT2D eigenvalue weighted by atomic mass is 32.2. The maximum absolute atomic E-state index is 12.1. The Hall–Kier alpha value is -3.53. The van der Waals surface area contributed by atoms with Crippen molar-refractivity contribution in [1.29, 1.82) is 0 Å². The molecule has 0 aliphatic carbocycles. The summed E-state index contributed by atoms with van der Waals surface area (Å²) in [5, 5.41) is 13.5. The van der Waals surface area contributed by atoms with Crippen LogP contribution in [-0.2, 0) is 23.5 Å². The van der Waals surface area contributed by atoms with Crippen LogP contribution < -0.4 is 0 Å². The van der Waals surface area contributed by atoms with Gasteiger partial charge in [0.25, 0.3) is 0 Å². The van der Waals surface area contributed by atoms with Crippen molar-refractivity contribution in [3.05, 3.63) is 65.9 Å². The number of benzene rings is 1. The molecule has 0 N–H and O–H groups in total. The molecule has 1 saturated heterocycles. The molecule has 1 aliphatic heterocycles. The molecule has 33 heavy (non-hydrogen) atoms. The number of carbonyl (C=O) groups excluding carboxylic acids is 1. The van der Waals surface area contributed by atoms with Gasteiger partial charge in [0.05, 0.1) is 12.3 Å². The number of aromatic nitrogens is 6. The molecule has 9 nitrogen and oxygen atoms in total. The molecule has 0 radical (unpaired) electrons. The highest BCUT2D eigenvalue weighted by molar-refractivity contribution is 7.98. The van der Waals surface area contributed by atoms with Gasteiger partial charge in [-0.05, 0) is 30.5 Å². The molecular formula is C23H23N7O2S. The van der Waals surface area contributed by atoms with Crippen LogP contribution in [0, 0.1) is 0 Å². The van der Waals surface area contributed by atoms with Crippen molar-refractivity contribution in [2.45, 2.75) is 43.6 Å². The van der Waals surface area contributed by atoms with Gasteiger partial charge in [0, 0.05) is 24.7 Å². The third-order valence-electron chi connectivity index (χ3n) is 5.50. The minimum Gasteiger partial charge on any atom is -0.338 e. The maximum Gasteiger partial charge on any atom is 0.237 e. The van der Waals surface area contributed by atoms with Crippen molar-refractivity contribution in [3.63, 3.8) is 0 Å². The molecule has 3 aromatic heterocycles. The van der Waals surface area contributed by atoms with Crippen molar-refractivity contribution in [2.75, 3.05) is 6.54 Å². The highest BCUT2D eigenvalue weighted by Gasteiger charge is 2.24. The minimum atomic E-state index is 0.144. The van der Waals surface area contributed by atoms with Gasteiger partial charge >= 0.3 is 0 Å². The summed E-state index contributed by atoms with van der Waals surface area (Å²) in [7, 11) is 0. The van der Waals surface area contributed by atoms with E-state index in [2.05, 4.69) is 44.4 Å². The van der Waals surface area contributed by atoms with Crippen LogP contribution in [0.15, 0.2) is 58.3 Å². The summed E-state index contributed by atoms with van der Waals surface area (Å²) in [6.07, 6.45) is 4.17. The van der Waals surface area contributed by atoms with E-state index in [0.29, 0.717) is 47.2 Å². The number of amides is 1. The summed E-state index contributed by atoms with van der Waals surface area (Å²) in [4.78, 5) is 22.9. The van der Waals surface area contributed by atoms with Gasteiger partial charge in [-0.2, -0.15) is 4.98 Å². The van der Waals surface area contributed by atoms with Gasteiger partial charge in [0.2, 0.25) is 17.6 Å². The van der Waals surface area contributed by atoms with E-state index in [0.717, 1.165) is 24.9 Å². The minimum absolute atomic E-state index is 0.144. The molecule has 4 aromatic rings. The zero-order chi connectivity index (χ0) is 22.6. The molecule has 0 unspecified atom stereocenters. The van der Waals surface area contributed by atoms with E-state index < -0.39 is 0 Å². The lowest BCUT2D eigenvalue weighted by Crippen LogP contribution is -2.25. The molecule has 0 atom stereocenters. The smallest absolute Gasteiger partial charge is 0.237 e. The normalized spacial score (nSPS) is 13.7. The third-order valence-corrected chi connectivity index (χ3v) is 6.41. The molecule has 4 heterocycles. The predicted molar refractivity (Wildman–Crippen MR) is 122 cm³/mol. The first kappa shape index (κ1) is 21.3. The zero-order valence-corrected chi connectivity index (χ0v) is 19.0. The van der Waals surface area contributed by atoms with E-state index >= 15 is 0 Å². The van der Waals surface area contributed by atoms with E-state index in [9.17, 15) is 4.79 Å². The van der Waals surface area contributed by atoms with Gasteiger partial charge in [-0.15, -0.1) is 10.2 Å². The first-order valence-corrected chi connectivity index (χ1v) is 11.9. The topological polar surface area (TPSA) is 103 Å². The Kier molecular flexibility index (Phi) is 6.16. The molecule has 0 saturated carbocycles. The summed E-state index contributed by atoms with van der Waals surface area (Å²) < 4.78 is 7.35. The molecule has 1 amide bonds. The van der Waals surface area contributed by atoms with Crippen LogP contribution >= 0.6 is 11.8 Å². The van der Waals surface area contributed by atoms with Crippen LogP contribution in [-0.4, -0.2) is 47.2 Å². The lowest BCUT2D eigenvalue weighted by atomic mass is 10.1. The van der Waals surface area contributed by atoms with Crippen LogP contribution in [0.1, 0.15) is 37.0 Å². The fraction of sp³-hybridized carbons (Fsp3) is 0.304. The van der Waals surface area contributed by atoms with Gasteiger partial charge in [0.15, 0.2) is 11.0 Å². The Bertz CT molecular complexity index is 1240. The van der Waals surface area contributed by atoms with Gasteiger partial charge in [-0.25, -0.2) is 4.98 Å². The van der Waals surface area contributed by atoms with Crippen molar-refractivity contribution >= 4 is 17.7 Å². The van der Waals surface area contributed by atoms with Crippen molar-refractivity contribution < 1.29 is 9.32 Å². The first-order valence-electron chi connectivity index (χ1n) is 10.9. The van der Waals surface area contributed by atoms with E-state index in [1.165, 1.54) is 17.3 Å². The van der Waals surface area contributed by atoms with Crippen molar-refractivity contribution in [3.8, 4) is 17.2 Å². The summed E-state index contributed by atoms with van der Waals surface area (Å²) in [6.45, 7) is 3.26. The lowest BCUT2D eigenvalue weighted by Gasteiger charge is -2.16. The average Bonchev–Trinajstić information content (AvgIpc) is 3.59. The Morgan fingerprint density at radius 1 is 1.12 bits per heavy atom. The van der Waals surface area contributed by atoms with Crippen LogP contribution in [0.5, 0.6) is 0 Å². The van der Waals surface area contributed by atoms with Gasteiger partial charge in [0.1, 0.15) is 5.82 Å². The van der Waals surface area contributed by atoms with E-state index in [1.54, 1.807) is 6.20 Å². The zero-order valence-electron chi connectivity index (χ0n) is 18.2. The number of hydrogen-bond donors (Lipinski definition) is 0. The number of carbonyl (C=O) groups is 1. The van der Waals surface area contributed by atoms with Gasteiger partial charge in [-0.1, -0.05) is 54.2 Å². The summed E-state index contributed by atoms with van der Waals surface area (Å²) >= 11 is 1.44. The van der Waals surface area contributed by atoms with E-state index in [4.69, 9.17) is 4.52 Å². The fourth-order valence-electron chi connectivity index (χ4n) is 3.70. The number of rotatable bonds is 8. The maximum atomic E-state index is 12.1. The van der Waals surface area contributed by atoms with Gasteiger partial charge < -0.3 is 9.42 Å². The molecule has 0 bridgehead atoms. The number of pyridine rings is 1. The van der Waals surface area contributed by atoms with Gasteiger partial charge in [-0.3, -0.25) is 9.36 Å². The largest absolute Gasteiger partial charge is 0.338 e. The summed E-state index contributed by atoms with van der Waals surface area (Å²) in [5.74, 6) is 3.02. The van der Waals surface area contributed by atoms with Crippen molar-refractivity contribution in [1.82, 2.24) is 34.8 Å². The number of nitrogens with zero attached hydrogens (tertiary/aromatic N) is 7. The number of hydrogen-bond acceptors (Lipinski definition) is 8. The monoisotopic (exact) mass is 461 g/mol. The molecule has 5 rings (SSSR count). The Morgan fingerprint density at radius 2 is 2.00 bits per heavy atom. The molecular weight excluding hydrogens is 438 g/mol. The quantitative estimate of drug-likeness (QED) is 0.366. The predicted octanol–water partition coefficient (Wildman–Crippen LogP) is 3.69. The molecule has 1 aliphatic rings. The SMILES string of the molecule is CCc1ccc(-c2noc(CSc3nnc(CN4CCCC4=O)n3-c3ccccn3)n2)cc1. The van der Waals surface area contributed by atoms with Crippen LogP contribution in [0.2, 0.25) is 0 Å². The lowest BCUT2D eigenvalue weighted by molar-refractivity contribution is -0.128. The standard InChI is InChI=1S/C23H23N7O2S/c1-2-16-8-10-17(11-9-16)22-25-20(32-28-22)15-33-23-27-26-19(14-29-13-5-7-21(29)31)30(23)18-6-3-4-12-24-18/h3-4,6,8-12H,2,5,7,13-15H2,1H3. The second kappa shape index (κ2) is 9.53. The Balaban J connectivity index is 1.35. The third kappa shape index (κ3) is 4.65. The number of likely N-dealkylation sites (tertiary alicyclic amines) is 1. The first-order chi connectivity index (χ1) is 16.2. The second-order valence-electron chi connectivity index (χ2n) is 7.69. The Morgan fingerprint density at radius 3 is 2.73 bits per heavy atom. The average molecular weight is 462 g/mol. The number of aryl methyl sites for hydroxylation is 1. The highest BCUT2D eigenvalue weighted by Crippen LogP contribution is 2.26. The molecule has 0 spiro atoms. The molecule has 168 valence electrons. The molecule has 10 heteroatoms.